The first kappa shape index (κ1) is 11.0. The SMILES string of the molecule is ClCc1sc(-n2cnc3ccccc32)nc1Cl. The van der Waals surface area contributed by atoms with E-state index < -0.39 is 0 Å². The average Bonchev–Trinajstić information content (AvgIpc) is 2.92. The summed E-state index contributed by atoms with van der Waals surface area (Å²) in [5, 5.41) is 1.26. The van der Waals surface area contributed by atoms with Crippen LogP contribution in [-0.2, 0) is 5.88 Å². The van der Waals surface area contributed by atoms with Crippen LogP contribution < -0.4 is 0 Å². The lowest BCUT2D eigenvalue weighted by atomic mass is 10.3. The number of fused-ring (bicyclic) bond motifs is 1. The highest BCUT2D eigenvalue weighted by atomic mass is 35.5. The Kier molecular flexibility index (Phi) is 2.78. The van der Waals surface area contributed by atoms with Crippen molar-refractivity contribution < 1.29 is 0 Å². The van der Waals surface area contributed by atoms with E-state index in [4.69, 9.17) is 23.2 Å². The molecule has 0 aliphatic heterocycles. The molecule has 3 rings (SSSR count). The van der Waals surface area contributed by atoms with E-state index in [1.54, 1.807) is 6.33 Å². The first-order valence-electron chi connectivity index (χ1n) is 4.93. The Balaban J connectivity index is 2.20. The lowest BCUT2D eigenvalue weighted by molar-refractivity contribution is 1.06. The van der Waals surface area contributed by atoms with Crippen molar-refractivity contribution in [2.45, 2.75) is 5.88 Å². The number of rotatable bonds is 2. The van der Waals surface area contributed by atoms with Crippen molar-refractivity contribution in [1.82, 2.24) is 14.5 Å². The maximum Gasteiger partial charge on any atom is 0.197 e. The van der Waals surface area contributed by atoms with Gasteiger partial charge in [0.05, 0.1) is 21.8 Å². The summed E-state index contributed by atoms with van der Waals surface area (Å²) in [5.41, 5.74) is 1.95. The third kappa shape index (κ3) is 1.82. The Bertz CT molecular complexity index is 674. The molecule has 1 aromatic carbocycles. The van der Waals surface area contributed by atoms with Gasteiger partial charge in [0.15, 0.2) is 5.13 Å². The van der Waals surface area contributed by atoms with Crippen molar-refractivity contribution in [1.29, 1.82) is 0 Å². The number of aromatic nitrogens is 3. The van der Waals surface area contributed by atoms with Crippen molar-refractivity contribution in [3.05, 3.63) is 40.6 Å². The molecule has 6 heteroatoms. The van der Waals surface area contributed by atoms with E-state index in [1.807, 2.05) is 28.8 Å². The van der Waals surface area contributed by atoms with Crippen LogP contribution in [0.2, 0.25) is 5.15 Å². The minimum absolute atomic E-state index is 0.378. The van der Waals surface area contributed by atoms with Crippen molar-refractivity contribution in [3.8, 4) is 5.13 Å². The van der Waals surface area contributed by atoms with Gasteiger partial charge in [-0.05, 0) is 12.1 Å². The number of nitrogens with zero attached hydrogens (tertiary/aromatic N) is 3. The maximum atomic E-state index is 5.99. The fourth-order valence-corrected chi connectivity index (χ4v) is 3.08. The largest absolute Gasteiger partial charge is 0.274 e. The number of para-hydroxylation sites is 2. The third-order valence-corrected chi connectivity index (χ3v) is 4.32. The Morgan fingerprint density at radius 2 is 2.12 bits per heavy atom. The molecule has 2 aromatic heterocycles. The molecular weight excluding hydrogens is 277 g/mol. The van der Waals surface area contributed by atoms with Crippen LogP contribution in [0.1, 0.15) is 4.88 Å². The summed E-state index contributed by atoms with van der Waals surface area (Å²) >= 11 is 13.3. The zero-order valence-corrected chi connectivity index (χ0v) is 10.9. The highest BCUT2D eigenvalue weighted by Crippen LogP contribution is 2.29. The molecule has 0 saturated heterocycles. The molecule has 0 N–H and O–H groups in total. The van der Waals surface area contributed by atoms with Gasteiger partial charge in [0.1, 0.15) is 11.5 Å². The van der Waals surface area contributed by atoms with E-state index in [9.17, 15) is 0 Å². The molecule has 2 heterocycles. The number of alkyl halides is 1. The van der Waals surface area contributed by atoms with Gasteiger partial charge in [-0.3, -0.25) is 4.57 Å². The number of imidazole rings is 1. The molecule has 0 atom stereocenters. The van der Waals surface area contributed by atoms with Crippen LogP contribution in [0.4, 0.5) is 0 Å². The van der Waals surface area contributed by atoms with E-state index in [2.05, 4.69) is 9.97 Å². The number of hydrogen-bond acceptors (Lipinski definition) is 3. The first-order chi connectivity index (χ1) is 8.29. The monoisotopic (exact) mass is 283 g/mol. The second-order valence-electron chi connectivity index (χ2n) is 3.45. The zero-order chi connectivity index (χ0) is 11.8. The number of thiazole rings is 1. The van der Waals surface area contributed by atoms with Crippen LogP contribution in [0.15, 0.2) is 30.6 Å². The van der Waals surface area contributed by atoms with Crippen molar-refractivity contribution in [2.75, 3.05) is 0 Å². The quantitative estimate of drug-likeness (QED) is 0.669. The van der Waals surface area contributed by atoms with Gasteiger partial charge in [0, 0.05) is 0 Å². The maximum absolute atomic E-state index is 5.99. The zero-order valence-electron chi connectivity index (χ0n) is 8.60. The predicted molar refractivity (Wildman–Crippen MR) is 71.3 cm³/mol. The molecule has 0 aliphatic rings. The Hall–Kier alpha value is -1.10. The number of benzene rings is 1. The van der Waals surface area contributed by atoms with E-state index in [0.29, 0.717) is 11.0 Å². The van der Waals surface area contributed by atoms with E-state index in [0.717, 1.165) is 21.0 Å². The molecule has 0 amide bonds. The minimum Gasteiger partial charge on any atom is -0.274 e. The van der Waals surface area contributed by atoms with E-state index >= 15 is 0 Å². The first-order valence-corrected chi connectivity index (χ1v) is 6.66. The summed E-state index contributed by atoms with van der Waals surface area (Å²) < 4.78 is 1.92. The van der Waals surface area contributed by atoms with Gasteiger partial charge in [-0.15, -0.1) is 11.6 Å². The molecule has 3 nitrogen and oxygen atoms in total. The summed E-state index contributed by atoms with van der Waals surface area (Å²) in [5.74, 6) is 0.378. The third-order valence-electron chi connectivity index (χ3n) is 2.42. The van der Waals surface area contributed by atoms with Crippen LogP contribution in [0.25, 0.3) is 16.2 Å². The smallest absolute Gasteiger partial charge is 0.197 e. The number of halogens is 2. The molecule has 0 aliphatic carbocycles. The van der Waals surface area contributed by atoms with Gasteiger partial charge >= 0.3 is 0 Å². The molecule has 0 fully saturated rings. The van der Waals surface area contributed by atoms with Crippen LogP contribution >= 0.6 is 34.5 Å². The molecule has 0 unspecified atom stereocenters. The van der Waals surface area contributed by atoms with Gasteiger partial charge in [-0.1, -0.05) is 35.1 Å². The number of hydrogen-bond donors (Lipinski definition) is 0. The van der Waals surface area contributed by atoms with E-state index in [-0.39, 0.29) is 0 Å². The van der Waals surface area contributed by atoms with Gasteiger partial charge in [-0.2, -0.15) is 0 Å². The summed E-state index contributed by atoms with van der Waals surface area (Å²) in [7, 11) is 0. The summed E-state index contributed by atoms with van der Waals surface area (Å²) in [6.07, 6.45) is 1.75. The summed E-state index contributed by atoms with van der Waals surface area (Å²) in [6.45, 7) is 0. The van der Waals surface area contributed by atoms with Gasteiger partial charge in [0.25, 0.3) is 0 Å². The minimum atomic E-state index is 0.378. The molecule has 0 saturated carbocycles. The molecule has 3 aromatic rings. The topological polar surface area (TPSA) is 30.7 Å². The van der Waals surface area contributed by atoms with Crippen molar-refractivity contribution in [2.24, 2.45) is 0 Å². The van der Waals surface area contributed by atoms with Gasteiger partial charge < -0.3 is 0 Å². The summed E-state index contributed by atoms with van der Waals surface area (Å²) in [6, 6.07) is 7.89. The molecule has 0 spiro atoms. The van der Waals surface area contributed by atoms with Crippen LogP contribution in [0, 0.1) is 0 Å². The highest BCUT2D eigenvalue weighted by Gasteiger charge is 2.11. The molecular formula is C11H7Cl2N3S. The Morgan fingerprint density at radius 1 is 1.29 bits per heavy atom. The normalized spacial score (nSPS) is 11.2. The lowest BCUT2D eigenvalue weighted by Gasteiger charge is -1.97. The lowest BCUT2D eigenvalue weighted by Crippen LogP contribution is -1.89. The van der Waals surface area contributed by atoms with Gasteiger partial charge in [-0.25, -0.2) is 9.97 Å². The average molecular weight is 284 g/mol. The van der Waals surface area contributed by atoms with Crippen LogP contribution in [0.3, 0.4) is 0 Å². The fraction of sp³-hybridized carbons (Fsp3) is 0.0909. The van der Waals surface area contributed by atoms with Crippen molar-refractivity contribution >= 4 is 45.6 Å². The Morgan fingerprint density at radius 3 is 2.88 bits per heavy atom. The molecule has 17 heavy (non-hydrogen) atoms. The molecule has 0 bridgehead atoms. The fourth-order valence-electron chi connectivity index (χ4n) is 1.62. The second kappa shape index (κ2) is 4.29. The standard InChI is InChI=1S/C11H7Cl2N3S/c12-5-9-10(13)15-11(17-9)16-6-14-7-3-1-2-4-8(7)16/h1-4,6H,5H2. The molecule has 0 radical (unpaired) electrons. The summed E-state index contributed by atoms with van der Waals surface area (Å²) in [4.78, 5) is 9.49. The highest BCUT2D eigenvalue weighted by molar-refractivity contribution is 7.14. The predicted octanol–water partition coefficient (Wildman–Crippen LogP) is 3.87. The van der Waals surface area contributed by atoms with Crippen LogP contribution in [0.5, 0.6) is 0 Å². The molecule has 86 valence electrons. The second-order valence-corrected chi connectivity index (χ2v) is 5.13. The van der Waals surface area contributed by atoms with E-state index in [1.165, 1.54) is 11.3 Å². The van der Waals surface area contributed by atoms with Crippen molar-refractivity contribution in [3.63, 3.8) is 0 Å². The van der Waals surface area contributed by atoms with Gasteiger partial charge in [0.2, 0.25) is 0 Å². The van der Waals surface area contributed by atoms with Crippen LogP contribution in [-0.4, -0.2) is 14.5 Å². The Labute approximate surface area is 112 Å².